The predicted octanol–water partition coefficient (Wildman–Crippen LogP) is -0.0901. The number of rotatable bonds is 6. The van der Waals surface area contributed by atoms with Crippen molar-refractivity contribution in [3.8, 4) is 5.75 Å². The number of nitrogens with one attached hydrogen (secondary N) is 1. The number of hydrogen-bond acceptors (Lipinski definition) is 4. The highest BCUT2D eigenvalue weighted by Gasteiger charge is 2.08. The van der Waals surface area contributed by atoms with E-state index in [1.165, 1.54) is 19.2 Å². The maximum Gasteiger partial charge on any atom is 0.247 e. The van der Waals surface area contributed by atoms with Crippen LogP contribution in [0.1, 0.15) is 5.56 Å². The normalized spacial score (nSPS) is 9.89. The lowest BCUT2D eigenvalue weighted by Crippen LogP contribution is -2.30. The summed E-state index contributed by atoms with van der Waals surface area (Å²) in [5.41, 5.74) is 7.27. The average Bonchev–Trinajstić information content (AvgIpc) is 2.28. The van der Waals surface area contributed by atoms with Gasteiger partial charge in [0, 0.05) is 0 Å². The van der Waals surface area contributed by atoms with Crippen LogP contribution in [0, 0.1) is 5.82 Å². The number of hydroxylamine groups is 1. The highest BCUT2D eigenvalue weighted by Crippen LogP contribution is 2.17. The van der Waals surface area contributed by atoms with Gasteiger partial charge in [-0.2, -0.15) is 0 Å². The van der Waals surface area contributed by atoms with Crippen molar-refractivity contribution in [1.29, 1.82) is 0 Å². The highest BCUT2D eigenvalue weighted by atomic mass is 19.1. The van der Waals surface area contributed by atoms with Crippen molar-refractivity contribution < 1.29 is 23.6 Å². The smallest absolute Gasteiger partial charge is 0.247 e. The van der Waals surface area contributed by atoms with Gasteiger partial charge in [-0.25, -0.2) is 9.87 Å². The molecule has 7 heteroatoms. The summed E-state index contributed by atoms with van der Waals surface area (Å²) in [6, 6.07) is 4.16. The van der Waals surface area contributed by atoms with E-state index >= 15 is 0 Å². The predicted molar refractivity (Wildman–Crippen MR) is 59.9 cm³/mol. The van der Waals surface area contributed by atoms with E-state index in [1.807, 2.05) is 5.48 Å². The standard InChI is InChI=1S/C11H13FN2O4/c1-17-9-3-2-7(4-8(9)12)5-11(16)14-18-6-10(13)15/h2-4H,5-6H2,1H3,(H2,13,15)(H,14,16). The molecule has 0 radical (unpaired) electrons. The molecule has 0 aromatic heterocycles. The fraction of sp³-hybridized carbons (Fsp3) is 0.273. The Bertz CT molecular complexity index is 451. The number of amides is 2. The molecule has 0 aliphatic heterocycles. The van der Waals surface area contributed by atoms with Gasteiger partial charge in [-0.05, 0) is 17.7 Å². The summed E-state index contributed by atoms with van der Waals surface area (Å²) in [6.45, 7) is -0.414. The molecule has 0 fully saturated rings. The van der Waals surface area contributed by atoms with Crippen LogP contribution < -0.4 is 16.0 Å². The molecule has 6 nitrogen and oxygen atoms in total. The molecule has 0 bridgehead atoms. The van der Waals surface area contributed by atoms with Crippen LogP contribution in [0.4, 0.5) is 4.39 Å². The lowest BCUT2D eigenvalue weighted by molar-refractivity contribution is -0.137. The maximum atomic E-state index is 13.3. The van der Waals surface area contributed by atoms with Crippen LogP contribution in [0.2, 0.25) is 0 Å². The highest BCUT2D eigenvalue weighted by molar-refractivity contribution is 5.78. The fourth-order valence-corrected chi connectivity index (χ4v) is 1.23. The Hall–Kier alpha value is -2.15. The molecule has 3 N–H and O–H groups in total. The Morgan fingerprint density at radius 3 is 2.72 bits per heavy atom. The van der Waals surface area contributed by atoms with Crippen molar-refractivity contribution in [1.82, 2.24) is 5.48 Å². The monoisotopic (exact) mass is 256 g/mol. The van der Waals surface area contributed by atoms with Crippen molar-refractivity contribution in [3.05, 3.63) is 29.6 Å². The molecule has 98 valence electrons. The molecule has 0 spiro atoms. The Morgan fingerprint density at radius 2 is 2.17 bits per heavy atom. The van der Waals surface area contributed by atoms with Crippen LogP contribution in [0.25, 0.3) is 0 Å². The van der Waals surface area contributed by atoms with E-state index < -0.39 is 24.2 Å². The number of hydrogen-bond donors (Lipinski definition) is 2. The lowest BCUT2D eigenvalue weighted by Gasteiger charge is -2.06. The fourth-order valence-electron chi connectivity index (χ4n) is 1.23. The minimum atomic E-state index is -0.703. The van der Waals surface area contributed by atoms with Gasteiger partial charge in [-0.3, -0.25) is 14.4 Å². The second kappa shape index (κ2) is 6.55. The second-order valence-corrected chi connectivity index (χ2v) is 3.43. The number of carbonyl (C=O) groups excluding carboxylic acids is 2. The maximum absolute atomic E-state index is 13.3. The van der Waals surface area contributed by atoms with Gasteiger partial charge in [-0.1, -0.05) is 6.07 Å². The van der Waals surface area contributed by atoms with E-state index in [-0.39, 0.29) is 12.2 Å². The molecule has 1 aromatic carbocycles. The van der Waals surface area contributed by atoms with E-state index in [1.54, 1.807) is 6.07 Å². The number of methoxy groups -OCH3 is 1. The van der Waals surface area contributed by atoms with E-state index in [2.05, 4.69) is 4.84 Å². The SMILES string of the molecule is COc1ccc(CC(=O)NOCC(N)=O)cc1F. The molecule has 0 unspecified atom stereocenters. The van der Waals surface area contributed by atoms with Gasteiger partial charge < -0.3 is 10.5 Å². The number of carbonyl (C=O) groups is 2. The van der Waals surface area contributed by atoms with Crippen LogP contribution >= 0.6 is 0 Å². The first-order valence-corrected chi connectivity index (χ1v) is 5.04. The van der Waals surface area contributed by atoms with Gasteiger partial charge >= 0.3 is 0 Å². The van der Waals surface area contributed by atoms with Crippen molar-refractivity contribution in [2.75, 3.05) is 13.7 Å². The zero-order valence-electron chi connectivity index (χ0n) is 9.73. The summed E-state index contributed by atoms with van der Waals surface area (Å²) in [5, 5.41) is 0. The molecule has 18 heavy (non-hydrogen) atoms. The number of benzene rings is 1. The third-order valence-corrected chi connectivity index (χ3v) is 1.98. The van der Waals surface area contributed by atoms with Crippen LogP contribution in [0.5, 0.6) is 5.75 Å². The summed E-state index contributed by atoms with van der Waals surface area (Å²) < 4.78 is 18.1. The molecule has 0 heterocycles. The number of halogens is 1. The van der Waals surface area contributed by atoms with E-state index in [9.17, 15) is 14.0 Å². The molecule has 0 aliphatic carbocycles. The third kappa shape index (κ3) is 4.38. The van der Waals surface area contributed by atoms with Crippen LogP contribution in [0.15, 0.2) is 18.2 Å². The van der Waals surface area contributed by atoms with Crippen molar-refractivity contribution >= 4 is 11.8 Å². The molecular formula is C11H13FN2O4. The molecule has 0 aliphatic rings. The second-order valence-electron chi connectivity index (χ2n) is 3.43. The first-order chi connectivity index (χ1) is 8.52. The number of ether oxygens (including phenoxy) is 1. The summed E-state index contributed by atoms with van der Waals surface area (Å²) >= 11 is 0. The van der Waals surface area contributed by atoms with E-state index in [0.29, 0.717) is 5.56 Å². The van der Waals surface area contributed by atoms with E-state index in [0.717, 1.165) is 0 Å². The van der Waals surface area contributed by atoms with E-state index in [4.69, 9.17) is 10.5 Å². The molecule has 0 saturated heterocycles. The Kier molecular flexibility index (Phi) is 5.06. The topological polar surface area (TPSA) is 90.7 Å². The van der Waals surface area contributed by atoms with Crippen LogP contribution in [0.3, 0.4) is 0 Å². The molecule has 0 saturated carbocycles. The first-order valence-electron chi connectivity index (χ1n) is 5.04. The molecule has 2 amide bonds. The summed E-state index contributed by atoms with van der Waals surface area (Å²) in [5.74, 6) is -1.67. The van der Waals surface area contributed by atoms with Crippen molar-refractivity contribution in [2.45, 2.75) is 6.42 Å². The Morgan fingerprint density at radius 1 is 1.44 bits per heavy atom. The minimum absolute atomic E-state index is 0.0837. The third-order valence-electron chi connectivity index (χ3n) is 1.98. The minimum Gasteiger partial charge on any atom is -0.494 e. The van der Waals surface area contributed by atoms with Gasteiger partial charge in [0.15, 0.2) is 18.2 Å². The Labute approximate surface area is 103 Å². The summed E-state index contributed by atoms with van der Waals surface area (Å²) in [7, 11) is 1.35. The average molecular weight is 256 g/mol. The largest absolute Gasteiger partial charge is 0.494 e. The van der Waals surface area contributed by atoms with Crippen LogP contribution in [-0.4, -0.2) is 25.5 Å². The zero-order chi connectivity index (χ0) is 13.5. The van der Waals surface area contributed by atoms with Gasteiger partial charge in [0.25, 0.3) is 0 Å². The molecule has 1 rings (SSSR count). The van der Waals surface area contributed by atoms with Crippen molar-refractivity contribution in [2.24, 2.45) is 5.73 Å². The quantitative estimate of drug-likeness (QED) is 0.696. The summed E-state index contributed by atoms with van der Waals surface area (Å²) in [6.07, 6.45) is -0.0837. The van der Waals surface area contributed by atoms with Gasteiger partial charge in [0.05, 0.1) is 13.5 Å². The number of primary amides is 1. The zero-order valence-corrected chi connectivity index (χ0v) is 9.73. The van der Waals surface area contributed by atoms with Gasteiger partial charge in [0.1, 0.15) is 0 Å². The summed E-state index contributed by atoms with van der Waals surface area (Å²) in [4.78, 5) is 26.2. The molecule has 0 atom stereocenters. The lowest BCUT2D eigenvalue weighted by atomic mass is 10.1. The van der Waals surface area contributed by atoms with Crippen LogP contribution in [-0.2, 0) is 20.8 Å². The Balaban J connectivity index is 2.49. The number of nitrogens with two attached hydrogens (primary N) is 1. The first kappa shape index (κ1) is 13.9. The van der Waals surface area contributed by atoms with Crippen molar-refractivity contribution in [3.63, 3.8) is 0 Å². The molecular weight excluding hydrogens is 243 g/mol. The molecule has 1 aromatic rings. The van der Waals surface area contributed by atoms with Gasteiger partial charge in [0.2, 0.25) is 11.8 Å². The van der Waals surface area contributed by atoms with Gasteiger partial charge in [-0.15, -0.1) is 0 Å².